The molecule has 0 heterocycles. The van der Waals surface area contributed by atoms with Crippen molar-refractivity contribution in [2.45, 2.75) is 75.5 Å². The van der Waals surface area contributed by atoms with E-state index in [0.29, 0.717) is 11.8 Å². The van der Waals surface area contributed by atoms with Gasteiger partial charge in [0, 0.05) is 16.7 Å². The van der Waals surface area contributed by atoms with Gasteiger partial charge in [-0.2, -0.15) is 0 Å². The van der Waals surface area contributed by atoms with Crippen molar-refractivity contribution in [2.24, 2.45) is 17.8 Å². The summed E-state index contributed by atoms with van der Waals surface area (Å²) in [5, 5.41) is 0.282. The van der Waals surface area contributed by atoms with E-state index in [9.17, 15) is 0 Å². The molecule has 2 fully saturated rings. The molecule has 148 valence electrons. The van der Waals surface area contributed by atoms with Crippen LogP contribution in [0.3, 0.4) is 0 Å². The van der Waals surface area contributed by atoms with Gasteiger partial charge in [0.05, 0.1) is 0 Å². The van der Waals surface area contributed by atoms with Crippen LogP contribution in [0.1, 0.15) is 80.0 Å². The third-order valence-corrected chi connectivity index (χ3v) is 8.95. The van der Waals surface area contributed by atoms with Crippen LogP contribution >= 0.6 is 11.6 Å². The zero-order chi connectivity index (χ0) is 19.3. The molecule has 0 N–H and O–H groups in total. The van der Waals surface area contributed by atoms with Crippen LogP contribution in [0.25, 0.3) is 0 Å². The van der Waals surface area contributed by atoms with Gasteiger partial charge in [0.15, 0.2) is 0 Å². The number of rotatable bonds is 2. The quantitative estimate of drug-likeness (QED) is 0.461. The topological polar surface area (TPSA) is 0 Å². The minimum absolute atomic E-state index is 0.139. The van der Waals surface area contributed by atoms with Gasteiger partial charge < -0.3 is 0 Å². The fourth-order valence-electron chi connectivity index (χ4n) is 7.48. The lowest BCUT2D eigenvalue weighted by molar-refractivity contribution is 0.0988. The molecule has 0 saturated heterocycles. The minimum atomic E-state index is 0.139. The Morgan fingerprint density at radius 3 is 2.25 bits per heavy atom. The van der Waals surface area contributed by atoms with Crippen LogP contribution in [0.2, 0.25) is 0 Å². The molecule has 0 amide bonds. The second kappa shape index (κ2) is 7.21. The number of alkyl halides is 1. The molecule has 3 aliphatic carbocycles. The van der Waals surface area contributed by atoms with Gasteiger partial charge in [-0.05, 0) is 66.2 Å². The predicted octanol–water partition coefficient (Wildman–Crippen LogP) is 7.61. The summed E-state index contributed by atoms with van der Waals surface area (Å²) in [6, 6.07) is 18.7. The Hall–Kier alpha value is -1.27. The van der Waals surface area contributed by atoms with E-state index in [-0.39, 0.29) is 10.8 Å². The first-order valence-corrected chi connectivity index (χ1v) is 11.9. The molecule has 6 atom stereocenters. The molecule has 0 radical (unpaired) electrons. The molecule has 5 rings (SSSR count). The maximum Gasteiger partial charge on any atom is 0.0407 e. The molecule has 0 aromatic heterocycles. The molecule has 0 bridgehead atoms. The van der Waals surface area contributed by atoms with Gasteiger partial charge in [0.2, 0.25) is 0 Å². The molecule has 2 saturated carbocycles. The molecule has 2 aromatic carbocycles. The number of halogens is 1. The number of aryl methyl sites for hydroxylation is 1. The first-order chi connectivity index (χ1) is 13.7. The van der Waals surface area contributed by atoms with E-state index in [1.54, 1.807) is 16.7 Å². The number of fused-ring (bicyclic) bond motifs is 3. The van der Waals surface area contributed by atoms with E-state index in [1.807, 2.05) is 0 Å². The Morgan fingerprint density at radius 2 is 1.46 bits per heavy atom. The molecule has 3 aliphatic rings. The van der Waals surface area contributed by atoms with Crippen molar-refractivity contribution in [2.75, 3.05) is 0 Å². The van der Waals surface area contributed by atoms with Crippen molar-refractivity contribution < 1.29 is 0 Å². The number of hydrogen-bond donors (Lipinski definition) is 0. The van der Waals surface area contributed by atoms with Crippen molar-refractivity contribution in [3.8, 4) is 0 Å². The van der Waals surface area contributed by atoms with Crippen molar-refractivity contribution in [1.29, 1.82) is 0 Å². The van der Waals surface area contributed by atoms with Crippen LogP contribution in [0.5, 0.6) is 0 Å². The Labute approximate surface area is 175 Å². The Morgan fingerprint density at radius 1 is 0.786 bits per heavy atom. The number of hydrogen-bond acceptors (Lipinski definition) is 0. The lowest BCUT2D eigenvalue weighted by atomic mass is 9.52. The standard InChI is InChI=1S/C27H33Cl/c1-18-10-3-6-13-21(18)27(22-14-7-4-11-19(22)2)23-15-8-5-12-20(23)26-24(27)16-9-17-25(26)28/h3,5-6,8,10,12-13,15,19,22,24-26H,4,7,9,11,14,16-17H2,1-2H3. The highest BCUT2D eigenvalue weighted by Gasteiger charge is 2.59. The van der Waals surface area contributed by atoms with E-state index in [0.717, 1.165) is 11.8 Å². The molecule has 1 heteroatoms. The van der Waals surface area contributed by atoms with E-state index in [4.69, 9.17) is 11.6 Å². The fraction of sp³-hybridized carbons (Fsp3) is 0.556. The maximum atomic E-state index is 7.08. The van der Waals surface area contributed by atoms with Crippen LogP contribution < -0.4 is 0 Å². The van der Waals surface area contributed by atoms with E-state index in [2.05, 4.69) is 62.4 Å². The lowest BCUT2D eigenvalue weighted by Gasteiger charge is -2.51. The summed E-state index contributed by atoms with van der Waals surface area (Å²) in [5.41, 5.74) is 6.38. The zero-order valence-electron chi connectivity index (χ0n) is 17.3. The van der Waals surface area contributed by atoms with Crippen LogP contribution in [0.4, 0.5) is 0 Å². The SMILES string of the molecule is Cc1ccccc1C1(C2CCCCC2C)c2ccccc2C2C(Cl)CCCC21. The summed E-state index contributed by atoms with van der Waals surface area (Å²) >= 11 is 7.08. The highest BCUT2D eigenvalue weighted by Crippen LogP contribution is 2.65. The first-order valence-electron chi connectivity index (χ1n) is 11.4. The van der Waals surface area contributed by atoms with Crippen LogP contribution in [0.15, 0.2) is 48.5 Å². The third kappa shape index (κ3) is 2.56. The maximum absolute atomic E-state index is 7.08. The zero-order valence-corrected chi connectivity index (χ0v) is 18.1. The van der Waals surface area contributed by atoms with Gasteiger partial charge in [-0.15, -0.1) is 11.6 Å². The summed E-state index contributed by atoms with van der Waals surface area (Å²) in [6.07, 6.45) is 9.28. The second-order valence-electron chi connectivity index (χ2n) is 9.72. The monoisotopic (exact) mass is 392 g/mol. The van der Waals surface area contributed by atoms with Gasteiger partial charge >= 0.3 is 0 Å². The van der Waals surface area contributed by atoms with Crippen LogP contribution in [-0.2, 0) is 5.41 Å². The molecule has 0 nitrogen and oxygen atoms in total. The van der Waals surface area contributed by atoms with Crippen molar-refractivity contribution >= 4 is 11.6 Å². The van der Waals surface area contributed by atoms with Crippen molar-refractivity contribution in [3.63, 3.8) is 0 Å². The molecule has 2 aromatic rings. The Kier molecular flexibility index (Phi) is 4.82. The molecular weight excluding hydrogens is 360 g/mol. The summed E-state index contributed by atoms with van der Waals surface area (Å²) in [4.78, 5) is 0. The third-order valence-electron chi connectivity index (χ3n) is 8.46. The summed E-state index contributed by atoms with van der Waals surface area (Å²) < 4.78 is 0. The van der Waals surface area contributed by atoms with E-state index in [1.165, 1.54) is 50.5 Å². The first kappa shape index (κ1) is 18.7. The summed E-state index contributed by atoms with van der Waals surface area (Å²) in [6.45, 7) is 4.86. The average Bonchev–Trinajstić information content (AvgIpc) is 3.01. The van der Waals surface area contributed by atoms with Gasteiger partial charge in [0.1, 0.15) is 0 Å². The molecule has 0 aliphatic heterocycles. The second-order valence-corrected chi connectivity index (χ2v) is 10.3. The minimum Gasteiger partial charge on any atom is -0.122 e. The molecule has 0 spiro atoms. The van der Waals surface area contributed by atoms with Crippen LogP contribution in [-0.4, -0.2) is 5.38 Å². The average molecular weight is 393 g/mol. The van der Waals surface area contributed by atoms with E-state index >= 15 is 0 Å². The van der Waals surface area contributed by atoms with E-state index < -0.39 is 0 Å². The van der Waals surface area contributed by atoms with Crippen molar-refractivity contribution in [1.82, 2.24) is 0 Å². The number of benzene rings is 2. The van der Waals surface area contributed by atoms with Crippen molar-refractivity contribution in [3.05, 3.63) is 70.8 Å². The van der Waals surface area contributed by atoms with Gasteiger partial charge in [0.25, 0.3) is 0 Å². The molecule has 28 heavy (non-hydrogen) atoms. The Bertz CT molecular complexity index is 855. The fourth-order valence-corrected chi connectivity index (χ4v) is 7.95. The largest absolute Gasteiger partial charge is 0.122 e. The highest BCUT2D eigenvalue weighted by molar-refractivity contribution is 6.21. The Balaban J connectivity index is 1.82. The summed E-state index contributed by atoms with van der Waals surface area (Å²) in [5.74, 6) is 2.66. The van der Waals surface area contributed by atoms with Gasteiger partial charge in [-0.3, -0.25) is 0 Å². The van der Waals surface area contributed by atoms with Gasteiger partial charge in [-0.25, -0.2) is 0 Å². The van der Waals surface area contributed by atoms with Crippen LogP contribution in [0, 0.1) is 24.7 Å². The molecule has 6 unspecified atom stereocenters. The summed E-state index contributed by atoms with van der Waals surface area (Å²) in [7, 11) is 0. The smallest absolute Gasteiger partial charge is 0.0407 e. The lowest BCUT2D eigenvalue weighted by Crippen LogP contribution is -2.47. The van der Waals surface area contributed by atoms with Gasteiger partial charge in [-0.1, -0.05) is 81.1 Å². The molecular formula is C27H33Cl. The highest BCUT2D eigenvalue weighted by atomic mass is 35.5. The normalized spacial score (nSPS) is 37.3. The predicted molar refractivity (Wildman–Crippen MR) is 119 cm³/mol.